The fourth-order valence-electron chi connectivity index (χ4n) is 4.07. The van der Waals surface area contributed by atoms with Crippen molar-refractivity contribution in [1.29, 1.82) is 0 Å². The summed E-state index contributed by atoms with van der Waals surface area (Å²) in [6.45, 7) is 3.21. The zero-order valence-electron chi connectivity index (χ0n) is 17.1. The fourth-order valence-corrected chi connectivity index (χ4v) is 4.62. The van der Waals surface area contributed by atoms with Gasteiger partial charge in [-0.15, -0.1) is 0 Å². The number of pyridine rings is 1. The zero-order valence-corrected chi connectivity index (χ0v) is 18.6. The van der Waals surface area contributed by atoms with E-state index in [0.29, 0.717) is 17.9 Å². The Balaban J connectivity index is 1.65. The van der Waals surface area contributed by atoms with Crippen LogP contribution in [-0.4, -0.2) is 46.2 Å². The number of anilines is 2. The molecule has 31 heavy (non-hydrogen) atoms. The molecule has 2 atom stereocenters. The van der Waals surface area contributed by atoms with E-state index in [-0.39, 0.29) is 17.9 Å². The second-order valence-corrected chi connectivity index (χ2v) is 8.59. The molecular weight excluding hydrogens is 462 g/mol. The van der Waals surface area contributed by atoms with Crippen molar-refractivity contribution >= 4 is 50.3 Å². The van der Waals surface area contributed by atoms with E-state index in [0.717, 1.165) is 40.5 Å². The van der Waals surface area contributed by atoms with E-state index in [2.05, 4.69) is 41.4 Å². The molecule has 2 aromatic heterocycles. The minimum Gasteiger partial charge on any atom is -0.465 e. The summed E-state index contributed by atoms with van der Waals surface area (Å²) in [6, 6.07) is 9.48. The molecule has 9 heteroatoms. The highest BCUT2D eigenvalue weighted by Gasteiger charge is 2.26. The number of amides is 2. The first-order valence-corrected chi connectivity index (χ1v) is 11.0. The minimum atomic E-state index is -1.02. The number of rotatable bonds is 5. The van der Waals surface area contributed by atoms with Gasteiger partial charge >= 0.3 is 6.09 Å². The van der Waals surface area contributed by atoms with Gasteiger partial charge in [0.2, 0.25) is 5.91 Å². The highest BCUT2D eigenvalue weighted by atomic mass is 79.9. The molecule has 4 N–H and O–H groups in total. The molecular formula is C22H24BrN5O3. The lowest BCUT2D eigenvalue weighted by molar-refractivity contribution is -0.117. The second kappa shape index (κ2) is 8.97. The Morgan fingerprint density at radius 1 is 1.32 bits per heavy atom. The molecule has 3 heterocycles. The molecule has 0 aliphatic carbocycles. The topological polar surface area (TPSA) is 110 Å². The van der Waals surface area contributed by atoms with Gasteiger partial charge in [-0.1, -0.05) is 30.3 Å². The molecule has 0 radical (unpaired) electrons. The number of aromatic amines is 1. The van der Waals surface area contributed by atoms with Crippen molar-refractivity contribution in [2.75, 3.05) is 23.3 Å². The molecule has 1 aliphatic heterocycles. The van der Waals surface area contributed by atoms with Gasteiger partial charge < -0.3 is 25.6 Å². The molecule has 162 valence electrons. The molecule has 0 spiro atoms. The van der Waals surface area contributed by atoms with Crippen LogP contribution in [0.2, 0.25) is 0 Å². The van der Waals surface area contributed by atoms with Gasteiger partial charge in [0, 0.05) is 31.5 Å². The normalized spacial score (nSPS) is 17.4. The van der Waals surface area contributed by atoms with E-state index >= 15 is 0 Å². The van der Waals surface area contributed by atoms with Gasteiger partial charge in [-0.3, -0.25) is 4.79 Å². The van der Waals surface area contributed by atoms with Crippen LogP contribution in [0.5, 0.6) is 0 Å². The Morgan fingerprint density at radius 3 is 2.84 bits per heavy atom. The van der Waals surface area contributed by atoms with Crippen molar-refractivity contribution in [2.24, 2.45) is 0 Å². The molecule has 0 saturated carbocycles. The highest BCUT2D eigenvalue weighted by molar-refractivity contribution is 9.10. The van der Waals surface area contributed by atoms with E-state index < -0.39 is 6.09 Å². The Bertz CT molecular complexity index is 1100. The average molecular weight is 486 g/mol. The first kappa shape index (κ1) is 21.2. The summed E-state index contributed by atoms with van der Waals surface area (Å²) < 4.78 is 0.794. The SMILES string of the molecule is CC(C(=O)Nc1c[nH]c2ncc(Br)c(N3CCC[C@@H](NC(=O)O)C3)c12)c1ccccc1. The summed E-state index contributed by atoms with van der Waals surface area (Å²) >= 11 is 3.61. The maximum Gasteiger partial charge on any atom is 0.404 e. The number of H-pyrrole nitrogens is 1. The summed E-state index contributed by atoms with van der Waals surface area (Å²) in [5.41, 5.74) is 3.15. The number of carboxylic acid groups (broad SMARTS) is 1. The van der Waals surface area contributed by atoms with Gasteiger partial charge in [-0.25, -0.2) is 9.78 Å². The lowest BCUT2D eigenvalue weighted by Crippen LogP contribution is -2.47. The van der Waals surface area contributed by atoms with Crippen molar-refractivity contribution in [3.05, 3.63) is 52.8 Å². The molecule has 4 rings (SSSR count). The second-order valence-electron chi connectivity index (χ2n) is 7.74. The smallest absolute Gasteiger partial charge is 0.404 e. The molecule has 1 unspecified atom stereocenters. The zero-order chi connectivity index (χ0) is 22.0. The first-order chi connectivity index (χ1) is 14.9. The van der Waals surface area contributed by atoms with Crippen LogP contribution in [0.25, 0.3) is 11.0 Å². The number of nitrogens with one attached hydrogen (secondary N) is 3. The summed E-state index contributed by atoms with van der Waals surface area (Å²) in [4.78, 5) is 33.8. The van der Waals surface area contributed by atoms with Crippen LogP contribution < -0.4 is 15.5 Å². The van der Waals surface area contributed by atoms with Crippen LogP contribution in [0.4, 0.5) is 16.2 Å². The number of fused-ring (bicyclic) bond motifs is 1. The molecule has 2 amide bonds. The van der Waals surface area contributed by atoms with E-state index in [1.807, 2.05) is 37.3 Å². The quantitative estimate of drug-likeness (QED) is 0.430. The number of aromatic nitrogens is 2. The summed E-state index contributed by atoms with van der Waals surface area (Å²) in [7, 11) is 0. The number of carbonyl (C=O) groups excluding carboxylic acids is 1. The molecule has 1 fully saturated rings. The van der Waals surface area contributed by atoms with Crippen molar-refractivity contribution in [2.45, 2.75) is 31.7 Å². The van der Waals surface area contributed by atoms with Crippen LogP contribution in [-0.2, 0) is 4.79 Å². The standard InChI is InChI=1S/C22H24BrN5O3/c1-13(14-6-3-2-4-7-14)21(29)27-17-11-25-20-18(17)19(16(23)10-24-20)28-9-5-8-15(12-28)26-22(30)31/h2-4,6-7,10-11,13,15,26H,5,8-9,12H2,1H3,(H,24,25)(H,27,29)(H,30,31)/t13?,15-/m1/s1. The molecule has 3 aromatic rings. The predicted molar refractivity (Wildman–Crippen MR) is 124 cm³/mol. The number of nitrogens with zero attached hydrogens (tertiary/aromatic N) is 2. The largest absolute Gasteiger partial charge is 0.465 e. The van der Waals surface area contributed by atoms with E-state index in [9.17, 15) is 9.59 Å². The van der Waals surface area contributed by atoms with E-state index in [4.69, 9.17) is 5.11 Å². The third kappa shape index (κ3) is 4.51. The minimum absolute atomic E-state index is 0.109. The molecule has 8 nitrogen and oxygen atoms in total. The Morgan fingerprint density at radius 2 is 2.10 bits per heavy atom. The Hall–Kier alpha value is -3.07. The average Bonchev–Trinajstić information content (AvgIpc) is 3.16. The number of hydrogen-bond donors (Lipinski definition) is 4. The van der Waals surface area contributed by atoms with Crippen LogP contribution in [0, 0.1) is 0 Å². The number of carbonyl (C=O) groups is 2. The summed E-state index contributed by atoms with van der Waals surface area (Å²) in [6.07, 6.45) is 4.11. The maximum atomic E-state index is 13.0. The van der Waals surface area contributed by atoms with Gasteiger partial charge in [-0.05, 0) is 41.3 Å². The van der Waals surface area contributed by atoms with Gasteiger partial charge in [0.25, 0.3) is 0 Å². The van der Waals surface area contributed by atoms with Crippen molar-refractivity contribution in [3.8, 4) is 0 Å². The Kier molecular flexibility index (Phi) is 6.13. The van der Waals surface area contributed by atoms with Crippen LogP contribution >= 0.6 is 15.9 Å². The lowest BCUT2D eigenvalue weighted by Gasteiger charge is -2.35. The molecule has 1 aliphatic rings. The van der Waals surface area contributed by atoms with E-state index in [1.165, 1.54) is 0 Å². The third-order valence-electron chi connectivity index (χ3n) is 5.65. The summed E-state index contributed by atoms with van der Waals surface area (Å²) in [5.74, 6) is -0.420. The van der Waals surface area contributed by atoms with Gasteiger partial charge in [-0.2, -0.15) is 0 Å². The highest BCUT2D eigenvalue weighted by Crippen LogP contribution is 2.39. The maximum absolute atomic E-state index is 13.0. The van der Waals surface area contributed by atoms with Crippen molar-refractivity contribution in [1.82, 2.24) is 15.3 Å². The summed E-state index contributed by atoms with van der Waals surface area (Å²) in [5, 5.41) is 15.5. The van der Waals surface area contributed by atoms with Crippen molar-refractivity contribution in [3.63, 3.8) is 0 Å². The predicted octanol–water partition coefficient (Wildman–Crippen LogP) is 4.30. The number of halogens is 1. The van der Waals surface area contributed by atoms with Crippen molar-refractivity contribution < 1.29 is 14.7 Å². The fraction of sp³-hybridized carbons (Fsp3) is 0.318. The Labute approximate surface area is 188 Å². The van der Waals surface area contributed by atoms with E-state index in [1.54, 1.807) is 12.4 Å². The lowest BCUT2D eigenvalue weighted by atomic mass is 10.0. The number of hydrogen-bond acceptors (Lipinski definition) is 4. The van der Waals surface area contributed by atoms with Crippen LogP contribution in [0.3, 0.4) is 0 Å². The van der Waals surface area contributed by atoms with Crippen LogP contribution in [0.1, 0.15) is 31.2 Å². The van der Waals surface area contributed by atoms with Gasteiger partial charge in [0.15, 0.2) is 0 Å². The van der Waals surface area contributed by atoms with Crippen LogP contribution in [0.15, 0.2) is 47.2 Å². The molecule has 1 saturated heterocycles. The molecule has 0 bridgehead atoms. The van der Waals surface area contributed by atoms with Gasteiger partial charge in [0.1, 0.15) is 5.65 Å². The van der Waals surface area contributed by atoms with Gasteiger partial charge in [0.05, 0.1) is 27.2 Å². The molecule has 1 aromatic carbocycles. The first-order valence-electron chi connectivity index (χ1n) is 10.2. The number of benzene rings is 1. The third-order valence-corrected chi connectivity index (χ3v) is 6.23. The number of piperidine rings is 1. The monoisotopic (exact) mass is 485 g/mol.